The molecule has 1 fully saturated rings. The number of likely N-dealkylation sites (tertiary alicyclic amines) is 1. The third-order valence-corrected chi connectivity index (χ3v) is 5.69. The lowest BCUT2D eigenvalue weighted by atomic mass is 9.89. The molecular formula is C19H23Cl2N3OS. The highest BCUT2D eigenvalue weighted by atomic mass is 35.5. The van der Waals surface area contributed by atoms with Crippen LogP contribution in [0.1, 0.15) is 17.2 Å². The largest absolute Gasteiger partial charge is 0.472 e. The summed E-state index contributed by atoms with van der Waals surface area (Å²) in [4.78, 5) is 7.23. The summed E-state index contributed by atoms with van der Waals surface area (Å²) >= 11 is 1.67. The molecule has 0 unspecified atom stereocenters. The Bertz CT molecular complexity index is 779. The molecule has 2 atom stereocenters. The number of halogens is 2. The van der Waals surface area contributed by atoms with E-state index < -0.39 is 0 Å². The molecule has 26 heavy (non-hydrogen) atoms. The first-order valence-corrected chi connectivity index (χ1v) is 9.16. The highest BCUT2D eigenvalue weighted by Gasteiger charge is 2.32. The topological polar surface area (TPSA) is 55.3 Å². The fourth-order valence-electron chi connectivity index (χ4n) is 3.53. The van der Waals surface area contributed by atoms with E-state index >= 15 is 0 Å². The van der Waals surface area contributed by atoms with Crippen LogP contribution >= 0.6 is 36.2 Å². The Balaban J connectivity index is 0.00000121. The van der Waals surface area contributed by atoms with Gasteiger partial charge in [0.2, 0.25) is 0 Å². The summed E-state index contributed by atoms with van der Waals surface area (Å²) in [7, 11) is 0. The summed E-state index contributed by atoms with van der Waals surface area (Å²) in [5.41, 5.74) is 9.61. The molecule has 1 aliphatic rings. The quantitative estimate of drug-likeness (QED) is 0.674. The summed E-state index contributed by atoms with van der Waals surface area (Å²) in [6.45, 7) is 3.70. The number of nitrogens with two attached hydrogens (primary N) is 1. The molecule has 0 bridgehead atoms. The molecule has 2 N–H and O–H groups in total. The summed E-state index contributed by atoms with van der Waals surface area (Å²) in [5, 5.41) is 3.17. The summed E-state index contributed by atoms with van der Waals surface area (Å²) in [5.74, 6) is 1.03. The minimum absolute atomic E-state index is 0. The van der Waals surface area contributed by atoms with Crippen molar-refractivity contribution in [2.24, 2.45) is 11.7 Å². The molecule has 4 nitrogen and oxygen atoms in total. The van der Waals surface area contributed by atoms with E-state index in [0.29, 0.717) is 11.8 Å². The van der Waals surface area contributed by atoms with Gasteiger partial charge in [-0.25, -0.2) is 4.98 Å². The number of furan rings is 1. The molecule has 1 saturated heterocycles. The molecule has 7 heteroatoms. The molecule has 3 heterocycles. The third-order valence-electron chi connectivity index (χ3n) is 4.75. The Morgan fingerprint density at radius 2 is 1.96 bits per heavy atom. The summed E-state index contributed by atoms with van der Waals surface area (Å²) < 4.78 is 5.15. The van der Waals surface area contributed by atoms with E-state index in [9.17, 15) is 0 Å². The molecule has 0 spiro atoms. The van der Waals surface area contributed by atoms with E-state index in [2.05, 4.69) is 40.6 Å². The van der Waals surface area contributed by atoms with Gasteiger partial charge < -0.3 is 10.2 Å². The smallest absolute Gasteiger partial charge is 0.126 e. The average Bonchev–Trinajstić information content (AvgIpc) is 3.36. The Morgan fingerprint density at radius 3 is 2.65 bits per heavy atom. The van der Waals surface area contributed by atoms with Crippen LogP contribution in [0.25, 0.3) is 10.6 Å². The van der Waals surface area contributed by atoms with Gasteiger partial charge in [-0.2, -0.15) is 0 Å². The molecule has 2 aromatic heterocycles. The fraction of sp³-hybridized carbons (Fsp3) is 0.316. The van der Waals surface area contributed by atoms with Crippen LogP contribution in [0, 0.1) is 5.92 Å². The van der Waals surface area contributed by atoms with Gasteiger partial charge >= 0.3 is 0 Å². The maximum atomic E-state index is 6.03. The first kappa shape index (κ1) is 20.9. The molecule has 0 radical (unpaired) electrons. The molecule has 0 aliphatic carbocycles. The monoisotopic (exact) mass is 411 g/mol. The Labute approximate surface area is 170 Å². The second-order valence-electron chi connectivity index (χ2n) is 6.36. The van der Waals surface area contributed by atoms with Gasteiger partial charge in [0.1, 0.15) is 11.3 Å². The zero-order valence-electron chi connectivity index (χ0n) is 14.3. The van der Waals surface area contributed by atoms with Crippen molar-refractivity contribution in [2.45, 2.75) is 12.5 Å². The minimum atomic E-state index is 0. The van der Waals surface area contributed by atoms with Gasteiger partial charge in [0.25, 0.3) is 0 Å². The molecule has 0 saturated carbocycles. The van der Waals surface area contributed by atoms with Crippen LogP contribution in [0.15, 0.2) is 58.7 Å². The standard InChI is InChI=1S/C19H21N3OS.2ClH/c20-8-16-9-22(11-18(16)14-4-2-1-3-5-14)10-17-13-24-19(21-17)15-6-7-23-12-15;;/h1-7,12-13,16,18H,8-11,20H2;2*1H/t16-,18+;;/m1../s1. The zero-order chi connectivity index (χ0) is 16.4. The van der Waals surface area contributed by atoms with Crippen LogP contribution in [-0.2, 0) is 6.54 Å². The number of benzene rings is 1. The Hall–Kier alpha value is -1.37. The van der Waals surface area contributed by atoms with Crippen molar-refractivity contribution < 1.29 is 4.42 Å². The van der Waals surface area contributed by atoms with Crippen molar-refractivity contribution >= 4 is 36.2 Å². The van der Waals surface area contributed by atoms with E-state index in [1.165, 1.54) is 5.56 Å². The number of nitrogens with zero attached hydrogens (tertiary/aromatic N) is 2. The van der Waals surface area contributed by atoms with Gasteiger partial charge in [0.05, 0.1) is 12.0 Å². The fourth-order valence-corrected chi connectivity index (χ4v) is 4.33. The highest BCUT2D eigenvalue weighted by molar-refractivity contribution is 7.13. The van der Waals surface area contributed by atoms with E-state index in [4.69, 9.17) is 15.1 Å². The first-order chi connectivity index (χ1) is 11.8. The Kier molecular flexibility index (Phi) is 7.68. The van der Waals surface area contributed by atoms with Crippen LogP contribution in [0.4, 0.5) is 0 Å². The normalized spacial score (nSPS) is 19.7. The van der Waals surface area contributed by atoms with Crippen molar-refractivity contribution in [1.29, 1.82) is 0 Å². The molecule has 4 rings (SSSR count). The molecule has 1 aromatic carbocycles. The number of rotatable bonds is 5. The van der Waals surface area contributed by atoms with E-state index in [-0.39, 0.29) is 24.8 Å². The van der Waals surface area contributed by atoms with Crippen molar-refractivity contribution in [3.8, 4) is 10.6 Å². The molecule has 0 amide bonds. The maximum absolute atomic E-state index is 6.03. The van der Waals surface area contributed by atoms with Crippen LogP contribution in [0.2, 0.25) is 0 Å². The van der Waals surface area contributed by atoms with Crippen LogP contribution < -0.4 is 5.73 Å². The molecular weight excluding hydrogens is 389 g/mol. The van der Waals surface area contributed by atoms with Crippen LogP contribution in [0.5, 0.6) is 0 Å². The molecule has 1 aliphatic heterocycles. The lowest BCUT2D eigenvalue weighted by Crippen LogP contribution is -2.23. The zero-order valence-corrected chi connectivity index (χ0v) is 16.7. The van der Waals surface area contributed by atoms with Gasteiger partial charge in [-0.05, 0) is 24.1 Å². The second kappa shape index (κ2) is 9.53. The lowest BCUT2D eigenvalue weighted by molar-refractivity contribution is 0.314. The van der Waals surface area contributed by atoms with Crippen molar-refractivity contribution in [2.75, 3.05) is 19.6 Å². The van der Waals surface area contributed by atoms with Gasteiger partial charge in [-0.15, -0.1) is 36.2 Å². The molecule has 140 valence electrons. The Morgan fingerprint density at radius 1 is 1.15 bits per heavy atom. The predicted molar refractivity (Wildman–Crippen MR) is 111 cm³/mol. The summed E-state index contributed by atoms with van der Waals surface area (Å²) in [6.07, 6.45) is 3.43. The van der Waals surface area contributed by atoms with Gasteiger partial charge in [0.15, 0.2) is 0 Å². The highest BCUT2D eigenvalue weighted by Crippen LogP contribution is 2.33. The second-order valence-corrected chi connectivity index (χ2v) is 7.22. The van der Waals surface area contributed by atoms with E-state index in [0.717, 1.165) is 42.4 Å². The number of aromatic nitrogens is 1. The summed E-state index contributed by atoms with van der Waals surface area (Å²) in [6, 6.07) is 12.7. The first-order valence-electron chi connectivity index (χ1n) is 8.28. The van der Waals surface area contributed by atoms with Crippen LogP contribution in [-0.4, -0.2) is 29.5 Å². The van der Waals surface area contributed by atoms with Gasteiger partial charge in [-0.1, -0.05) is 30.3 Å². The van der Waals surface area contributed by atoms with Gasteiger partial charge in [0, 0.05) is 36.5 Å². The number of hydrogen-bond acceptors (Lipinski definition) is 5. The maximum Gasteiger partial charge on any atom is 0.126 e. The van der Waals surface area contributed by atoms with Crippen molar-refractivity contribution in [3.05, 3.63) is 65.6 Å². The van der Waals surface area contributed by atoms with Gasteiger partial charge in [-0.3, -0.25) is 4.90 Å². The lowest BCUT2D eigenvalue weighted by Gasteiger charge is -2.16. The van der Waals surface area contributed by atoms with Crippen molar-refractivity contribution in [3.63, 3.8) is 0 Å². The number of thiazole rings is 1. The van der Waals surface area contributed by atoms with Crippen molar-refractivity contribution in [1.82, 2.24) is 9.88 Å². The third kappa shape index (κ3) is 4.48. The average molecular weight is 412 g/mol. The number of hydrogen-bond donors (Lipinski definition) is 1. The molecule has 3 aromatic rings. The van der Waals surface area contributed by atoms with E-state index in [1.54, 1.807) is 23.9 Å². The van der Waals surface area contributed by atoms with E-state index in [1.807, 2.05) is 6.07 Å². The minimum Gasteiger partial charge on any atom is -0.472 e. The predicted octanol–water partition coefficient (Wildman–Crippen LogP) is 4.42. The van der Waals surface area contributed by atoms with Crippen LogP contribution in [0.3, 0.4) is 0 Å². The SMILES string of the molecule is Cl.Cl.NC[C@@H]1CN(Cc2csc(-c3ccoc3)n2)C[C@H]1c1ccccc1.